The molecule has 0 aliphatic carbocycles. The summed E-state index contributed by atoms with van der Waals surface area (Å²) in [4.78, 5) is 5.39. The van der Waals surface area contributed by atoms with E-state index in [1.807, 2.05) is 0 Å². The molecule has 3 rings (SSSR count). The molecule has 2 saturated heterocycles. The molecule has 1 aromatic rings. The fraction of sp³-hybridized carbons (Fsp3) is 0.647. The van der Waals surface area contributed by atoms with Crippen molar-refractivity contribution in [2.45, 2.75) is 51.2 Å². The first-order valence-electron chi connectivity index (χ1n) is 7.85. The Bertz CT molecular complexity index is 384. The predicted octanol–water partition coefficient (Wildman–Crippen LogP) is 3.14. The molecule has 2 unspecified atom stereocenters. The van der Waals surface area contributed by atoms with Crippen molar-refractivity contribution in [2.24, 2.45) is 0 Å². The number of rotatable bonds is 3. The van der Waals surface area contributed by atoms with Gasteiger partial charge in [0.25, 0.3) is 0 Å². The van der Waals surface area contributed by atoms with Crippen molar-refractivity contribution in [3.63, 3.8) is 0 Å². The molecule has 1 aromatic carbocycles. The van der Waals surface area contributed by atoms with Crippen LogP contribution in [0.1, 0.15) is 38.2 Å². The van der Waals surface area contributed by atoms with E-state index in [0.29, 0.717) is 0 Å². The zero-order chi connectivity index (χ0) is 13.1. The summed E-state index contributed by atoms with van der Waals surface area (Å²) in [6.07, 6.45) is 5.54. The average Bonchev–Trinajstić information content (AvgIpc) is 2.96. The first kappa shape index (κ1) is 13.1. The molecule has 0 radical (unpaired) electrons. The number of benzene rings is 1. The van der Waals surface area contributed by atoms with Gasteiger partial charge >= 0.3 is 0 Å². The fourth-order valence-corrected chi connectivity index (χ4v) is 3.69. The zero-order valence-corrected chi connectivity index (χ0v) is 12.1. The van der Waals surface area contributed by atoms with Gasteiger partial charge in [-0.2, -0.15) is 0 Å². The van der Waals surface area contributed by atoms with Crippen molar-refractivity contribution in [1.29, 1.82) is 0 Å². The third-order valence-electron chi connectivity index (χ3n) is 4.87. The third-order valence-corrected chi connectivity index (χ3v) is 4.87. The van der Waals surface area contributed by atoms with E-state index in [4.69, 9.17) is 0 Å². The molecule has 2 aliphatic rings. The fourth-order valence-electron chi connectivity index (χ4n) is 3.69. The van der Waals surface area contributed by atoms with E-state index >= 15 is 0 Å². The van der Waals surface area contributed by atoms with Gasteiger partial charge in [0.05, 0.1) is 0 Å². The molecule has 2 aliphatic heterocycles. The summed E-state index contributed by atoms with van der Waals surface area (Å²) in [5.41, 5.74) is 1.45. The summed E-state index contributed by atoms with van der Waals surface area (Å²) in [5, 5.41) is 0. The number of likely N-dealkylation sites (tertiary alicyclic amines) is 2. The molecule has 0 N–H and O–H groups in total. The molecule has 2 heteroatoms. The Balaban J connectivity index is 1.55. The summed E-state index contributed by atoms with van der Waals surface area (Å²) < 4.78 is 0. The average molecular weight is 258 g/mol. The molecular weight excluding hydrogens is 232 g/mol. The number of hydrogen-bond donors (Lipinski definition) is 0. The van der Waals surface area contributed by atoms with E-state index in [1.54, 1.807) is 0 Å². The maximum atomic E-state index is 2.73. The van der Waals surface area contributed by atoms with Gasteiger partial charge in [0.15, 0.2) is 0 Å². The van der Waals surface area contributed by atoms with Crippen LogP contribution < -0.4 is 0 Å². The van der Waals surface area contributed by atoms with Crippen LogP contribution in [0.5, 0.6) is 0 Å². The highest BCUT2D eigenvalue weighted by molar-refractivity contribution is 5.14. The summed E-state index contributed by atoms with van der Waals surface area (Å²) in [6, 6.07) is 12.5. The minimum absolute atomic E-state index is 0.722. The molecule has 0 saturated carbocycles. The van der Waals surface area contributed by atoms with Crippen LogP contribution in [0.3, 0.4) is 0 Å². The van der Waals surface area contributed by atoms with Gasteiger partial charge in [-0.05, 0) is 51.3 Å². The van der Waals surface area contributed by atoms with Gasteiger partial charge in [-0.25, -0.2) is 0 Å². The first-order chi connectivity index (χ1) is 9.33. The molecule has 0 spiro atoms. The maximum absolute atomic E-state index is 2.73. The summed E-state index contributed by atoms with van der Waals surface area (Å²) in [5.74, 6) is 0. The summed E-state index contributed by atoms with van der Waals surface area (Å²) in [7, 11) is 0. The largest absolute Gasteiger partial charge is 0.300 e. The van der Waals surface area contributed by atoms with E-state index in [2.05, 4.69) is 47.1 Å². The lowest BCUT2D eigenvalue weighted by Gasteiger charge is -2.41. The second-order valence-electron chi connectivity index (χ2n) is 6.23. The van der Waals surface area contributed by atoms with Crippen LogP contribution in [0.25, 0.3) is 0 Å². The van der Waals surface area contributed by atoms with Crippen molar-refractivity contribution in [3.8, 4) is 0 Å². The second-order valence-corrected chi connectivity index (χ2v) is 6.23. The Hall–Kier alpha value is -0.860. The van der Waals surface area contributed by atoms with E-state index < -0.39 is 0 Å². The smallest absolute Gasteiger partial charge is 0.0236 e. The molecule has 19 heavy (non-hydrogen) atoms. The minimum Gasteiger partial charge on any atom is -0.300 e. The van der Waals surface area contributed by atoms with Crippen LogP contribution in [0.15, 0.2) is 30.3 Å². The van der Waals surface area contributed by atoms with Crippen molar-refractivity contribution in [1.82, 2.24) is 9.80 Å². The lowest BCUT2D eigenvalue weighted by molar-refractivity contribution is 0.0796. The molecule has 2 nitrogen and oxygen atoms in total. The highest BCUT2D eigenvalue weighted by Crippen LogP contribution is 2.25. The topological polar surface area (TPSA) is 6.48 Å². The van der Waals surface area contributed by atoms with E-state index in [9.17, 15) is 0 Å². The van der Waals surface area contributed by atoms with Crippen molar-refractivity contribution in [2.75, 3.05) is 19.6 Å². The number of nitrogens with zero attached hydrogens (tertiary/aromatic N) is 2. The lowest BCUT2D eigenvalue weighted by atomic mass is 9.96. The lowest BCUT2D eigenvalue weighted by Crippen LogP contribution is -2.47. The van der Waals surface area contributed by atoms with Gasteiger partial charge in [0.2, 0.25) is 0 Å². The monoisotopic (exact) mass is 258 g/mol. The molecule has 2 heterocycles. The molecule has 2 fully saturated rings. The van der Waals surface area contributed by atoms with Gasteiger partial charge in [-0.15, -0.1) is 0 Å². The maximum Gasteiger partial charge on any atom is 0.0236 e. The summed E-state index contributed by atoms with van der Waals surface area (Å²) >= 11 is 0. The standard InChI is InChI=1S/C17H26N2/c1-15-13-17(18-10-5-6-11-18)9-12-19(15)14-16-7-3-2-4-8-16/h2-4,7-8,15,17H,5-6,9-14H2,1H3. The third kappa shape index (κ3) is 3.18. The molecule has 0 aromatic heterocycles. The van der Waals surface area contributed by atoms with Crippen LogP contribution in [0.2, 0.25) is 0 Å². The Morgan fingerprint density at radius 2 is 1.79 bits per heavy atom. The van der Waals surface area contributed by atoms with Gasteiger partial charge in [0.1, 0.15) is 0 Å². The Morgan fingerprint density at radius 1 is 1.05 bits per heavy atom. The molecular formula is C17H26N2. The van der Waals surface area contributed by atoms with Crippen LogP contribution >= 0.6 is 0 Å². The normalized spacial score (nSPS) is 29.7. The van der Waals surface area contributed by atoms with Crippen molar-refractivity contribution < 1.29 is 0 Å². The number of hydrogen-bond acceptors (Lipinski definition) is 2. The van der Waals surface area contributed by atoms with E-state index in [-0.39, 0.29) is 0 Å². The number of piperidine rings is 1. The molecule has 0 bridgehead atoms. The van der Waals surface area contributed by atoms with Crippen molar-refractivity contribution >= 4 is 0 Å². The predicted molar refractivity (Wildman–Crippen MR) is 80.1 cm³/mol. The van der Waals surface area contributed by atoms with Crippen LogP contribution in [0.4, 0.5) is 0 Å². The van der Waals surface area contributed by atoms with Crippen LogP contribution in [-0.4, -0.2) is 41.5 Å². The van der Waals surface area contributed by atoms with Crippen LogP contribution in [0, 0.1) is 0 Å². The molecule has 104 valence electrons. The Labute approximate surface area is 117 Å². The van der Waals surface area contributed by atoms with E-state index in [1.165, 1.54) is 50.9 Å². The van der Waals surface area contributed by atoms with Gasteiger partial charge in [-0.1, -0.05) is 30.3 Å². The van der Waals surface area contributed by atoms with Gasteiger partial charge in [-0.3, -0.25) is 4.90 Å². The Kier molecular flexibility index (Phi) is 4.19. The molecule has 0 amide bonds. The zero-order valence-electron chi connectivity index (χ0n) is 12.1. The highest BCUT2D eigenvalue weighted by Gasteiger charge is 2.30. The minimum atomic E-state index is 0.722. The van der Waals surface area contributed by atoms with Gasteiger partial charge < -0.3 is 4.90 Å². The summed E-state index contributed by atoms with van der Waals surface area (Å²) in [6.45, 7) is 7.48. The quantitative estimate of drug-likeness (QED) is 0.822. The highest BCUT2D eigenvalue weighted by atomic mass is 15.2. The van der Waals surface area contributed by atoms with Crippen molar-refractivity contribution in [3.05, 3.63) is 35.9 Å². The molecule has 2 atom stereocenters. The second kappa shape index (κ2) is 6.06. The van der Waals surface area contributed by atoms with Crippen LogP contribution in [-0.2, 0) is 6.54 Å². The SMILES string of the molecule is CC1CC(N2CCCC2)CCN1Cc1ccccc1. The van der Waals surface area contributed by atoms with Gasteiger partial charge in [0, 0.05) is 25.2 Å². The Morgan fingerprint density at radius 3 is 2.47 bits per heavy atom. The van der Waals surface area contributed by atoms with E-state index in [0.717, 1.165) is 18.6 Å². The first-order valence-corrected chi connectivity index (χ1v) is 7.85.